The molecular weight excluding hydrogens is 246 g/mol. The third-order valence-electron chi connectivity index (χ3n) is 4.52. The van der Waals surface area contributed by atoms with Crippen LogP contribution >= 0.6 is 0 Å². The molecule has 2 rings (SSSR count). The van der Waals surface area contributed by atoms with Crippen molar-refractivity contribution in [3.05, 3.63) is 29.8 Å². The van der Waals surface area contributed by atoms with E-state index < -0.39 is 0 Å². The Bertz CT molecular complexity index is 398. The number of hydrogen-bond donors (Lipinski definition) is 1. The van der Waals surface area contributed by atoms with Crippen LogP contribution in [0.5, 0.6) is 0 Å². The molecule has 2 nitrogen and oxygen atoms in total. The highest BCUT2D eigenvalue weighted by Crippen LogP contribution is 2.25. The summed E-state index contributed by atoms with van der Waals surface area (Å²) in [5, 5.41) is 3.67. The molecule has 1 aliphatic heterocycles. The zero-order valence-corrected chi connectivity index (χ0v) is 13.4. The highest BCUT2D eigenvalue weighted by molar-refractivity contribution is 5.46. The van der Waals surface area contributed by atoms with Crippen molar-refractivity contribution in [1.29, 1.82) is 0 Å². The summed E-state index contributed by atoms with van der Waals surface area (Å²) in [5.41, 5.74) is 2.68. The van der Waals surface area contributed by atoms with Gasteiger partial charge in [-0.25, -0.2) is 0 Å². The van der Waals surface area contributed by atoms with Crippen LogP contribution in [0.25, 0.3) is 0 Å². The van der Waals surface area contributed by atoms with Crippen LogP contribution in [0.3, 0.4) is 0 Å². The number of anilines is 1. The zero-order chi connectivity index (χ0) is 14.5. The van der Waals surface area contributed by atoms with E-state index in [2.05, 4.69) is 57.3 Å². The second kappa shape index (κ2) is 7.12. The van der Waals surface area contributed by atoms with Crippen LogP contribution in [-0.2, 0) is 4.74 Å². The van der Waals surface area contributed by atoms with E-state index in [0.29, 0.717) is 24.0 Å². The Kier molecular flexibility index (Phi) is 5.47. The van der Waals surface area contributed by atoms with Gasteiger partial charge in [-0.2, -0.15) is 0 Å². The molecule has 0 amide bonds. The Hall–Kier alpha value is -1.02. The van der Waals surface area contributed by atoms with E-state index in [0.717, 1.165) is 19.4 Å². The van der Waals surface area contributed by atoms with E-state index in [-0.39, 0.29) is 0 Å². The molecule has 1 heterocycles. The van der Waals surface area contributed by atoms with Gasteiger partial charge in [0, 0.05) is 18.3 Å². The lowest BCUT2D eigenvalue weighted by atomic mass is 9.95. The molecule has 0 radical (unpaired) electrons. The van der Waals surface area contributed by atoms with E-state index in [1.54, 1.807) is 0 Å². The zero-order valence-electron chi connectivity index (χ0n) is 13.4. The monoisotopic (exact) mass is 275 g/mol. The smallest absolute Gasteiger partial charge is 0.0617 e. The van der Waals surface area contributed by atoms with Gasteiger partial charge in [0.15, 0.2) is 0 Å². The van der Waals surface area contributed by atoms with Crippen LogP contribution in [0.4, 0.5) is 5.69 Å². The molecule has 0 bridgehead atoms. The second-order valence-electron chi connectivity index (χ2n) is 6.45. The number of rotatable bonds is 5. The third-order valence-corrected chi connectivity index (χ3v) is 4.52. The van der Waals surface area contributed by atoms with Gasteiger partial charge in [0.2, 0.25) is 0 Å². The third kappa shape index (κ3) is 3.99. The largest absolute Gasteiger partial charge is 0.382 e. The quantitative estimate of drug-likeness (QED) is 0.832. The highest BCUT2D eigenvalue weighted by Gasteiger charge is 2.24. The Balaban J connectivity index is 1.92. The molecule has 3 atom stereocenters. The first-order valence-corrected chi connectivity index (χ1v) is 8.08. The minimum atomic E-state index is 0.403. The molecule has 112 valence electrons. The maximum absolute atomic E-state index is 5.83. The number of benzene rings is 1. The average Bonchev–Trinajstić information content (AvgIpc) is 2.47. The van der Waals surface area contributed by atoms with Crippen molar-refractivity contribution < 1.29 is 4.74 Å². The molecule has 0 saturated carbocycles. The standard InChI is InChI=1S/C18H29NO/c1-5-14(4)15-6-8-16(9-7-15)19-17-10-11-20-18(12-17)13(2)3/h6-9,13-14,17-19H,5,10-12H2,1-4H3. The van der Waals surface area contributed by atoms with E-state index >= 15 is 0 Å². The first-order chi connectivity index (χ1) is 9.60. The molecule has 1 aromatic carbocycles. The fraction of sp³-hybridized carbons (Fsp3) is 0.667. The summed E-state index contributed by atoms with van der Waals surface area (Å²) in [7, 11) is 0. The van der Waals surface area contributed by atoms with Crippen molar-refractivity contribution in [3.8, 4) is 0 Å². The summed E-state index contributed by atoms with van der Waals surface area (Å²) in [6, 6.07) is 9.51. The van der Waals surface area contributed by atoms with Crippen molar-refractivity contribution in [3.63, 3.8) is 0 Å². The lowest BCUT2D eigenvalue weighted by Gasteiger charge is -2.33. The molecule has 1 aromatic rings. The average molecular weight is 275 g/mol. The van der Waals surface area contributed by atoms with Gasteiger partial charge in [-0.05, 0) is 48.8 Å². The maximum atomic E-state index is 5.83. The molecule has 20 heavy (non-hydrogen) atoms. The molecule has 0 aliphatic carbocycles. The fourth-order valence-corrected chi connectivity index (χ4v) is 2.80. The summed E-state index contributed by atoms with van der Waals surface area (Å²) in [5.74, 6) is 1.25. The van der Waals surface area contributed by atoms with Crippen molar-refractivity contribution >= 4 is 5.69 Å². The molecular formula is C18H29NO. The molecule has 0 spiro atoms. The van der Waals surface area contributed by atoms with E-state index in [4.69, 9.17) is 4.74 Å². The number of ether oxygens (including phenoxy) is 1. The van der Waals surface area contributed by atoms with E-state index in [1.807, 2.05) is 0 Å². The molecule has 0 aromatic heterocycles. The van der Waals surface area contributed by atoms with E-state index in [1.165, 1.54) is 17.7 Å². The summed E-state index contributed by atoms with van der Waals surface area (Å²) < 4.78 is 5.83. The van der Waals surface area contributed by atoms with Crippen molar-refractivity contribution in [2.24, 2.45) is 5.92 Å². The molecule has 1 saturated heterocycles. The van der Waals surface area contributed by atoms with Crippen molar-refractivity contribution in [2.75, 3.05) is 11.9 Å². The minimum Gasteiger partial charge on any atom is -0.382 e. The van der Waals surface area contributed by atoms with Gasteiger partial charge in [0.1, 0.15) is 0 Å². The van der Waals surface area contributed by atoms with Gasteiger partial charge in [-0.15, -0.1) is 0 Å². The van der Waals surface area contributed by atoms with Crippen LogP contribution in [-0.4, -0.2) is 18.8 Å². The van der Waals surface area contributed by atoms with Crippen LogP contribution in [0.1, 0.15) is 58.4 Å². The Morgan fingerprint density at radius 2 is 1.90 bits per heavy atom. The summed E-state index contributed by atoms with van der Waals surface area (Å²) in [6.45, 7) is 9.90. The van der Waals surface area contributed by atoms with E-state index in [9.17, 15) is 0 Å². The SMILES string of the molecule is CCC(C)c1ccc(NC2CCOC(C(C)C)C2)cc1. The van der Waals surface area contributed by atoms with Gasteiger partial charge in [0.05, 0.1) is 6.10 Å². The first kappa shape index (κ1) is 15.4. The number of hydrogen-bond acceptors (Lipinski definition) is 2. The molecule has 2 heteroatoms. The Morgan fingerprint density at radius 3 is 2.50 bits per heavy atom. The predicted molar refractivity (Wildman–Crippen MR) is 86.4 cm³/mol. The molecule has 1 fully saturated rings. The molecule has 3 unspecified atom stereocenters. The van der Waals surface area contributed by atoms with Gasteiger partial charge >= 0.3 is 0 Å². The fourth-order valence-electron chi connectivity index (χ4n) is 2.80. The van der Waals surface area contributed by atoms with Crippen molar-refractivity contribution in [1.82, 2.24) is 0 Å². The Morgan fingerprint density at radius 1 is 1.20 bits per heavy atom. The lowest BCUT2D eigenvalue weighted by molar-refractivity contribution is -0.0160. The van der Waals surface area contributed by atoms with Gasteiger partial charge < -0.3 is 10.1 Å². The summed E-state index contributed by atoms with van der Waals surface area (Å²) in [6.07, 6.45) is 3.82. The minimum absolute atomic E-state index is 0.403. The van der Waals surface area contributed by atoms with Crippen LogP contribution < -0.4 is 5.32 Å². The maximum Gasteiger partial charge on any atom is 0.0617 e. The highest BCUT2D eigenvalue weighted by atomic mass is 16.5. The van der Waals surface area contributed by atoms with Gasteiger partial charge in [-0.3, -0.25) is 0 Å². The van der Waals surface area contributed by atoms with Crippen LogP contribution in [0.2, 0.25) is 0 Å². The normalized spacial score (nSPS) is 24.6. The lowest BCUT2D eigenvalue weighted by Crippen LogP contribution is -2.36. The van der Waals surface area contributed by atoms with Crippen LogP contribution in [0.15, 0.2) is 24.3 Å². The van der Waals surface area contributed by atoms with Gasteiger partial charge in [-0.1, -0.05) is 39.8 Å². The molecule has 1 N–H and O–H groups in total. The van der Waals surface area contributed by atoms with Crippen molar-refractivity contribution in [2.45, 2.75) is 65.0 Å². The second-order valence-corrected chi connectivity index (χ2v) is 6.45. The first-order valence-electron chi connectivity index (χ1n) is 8.08. The van der Waals surface area contributed by atoms with Gasteiger partial charge in [0.25, 0.3) is 0 Å². The van der Waals surface area contributed by atoms with Crippen LogP contribution in [0, 0.1) is 5.92 Å². The topological polar surface area (TPSA) is 21.3 Å². The molecule has 1 aliphatic rings. The number of nitrogens with one attached hydrogen (secondary N) is 1. The summed E-state index contributed by atoms with van der Waals surface area (Å²) >= 11 is 0. The summed E-state index contributed by atoms with van der Waals surface area (Å²) in [4.78, 5) is 0. The Labute approximate surface area is 123 Å². The predicted octanol–water partition coefficient (Wildman–Crippen LogP) is 4.82.